The molecule has 1 aliphatic heterocycles. The Morgan fingerprint density at radius 1 is 1.32 bits per heavy atom. The van der Waals surface area contributed by atoms with Crippen molar-refractivity contribution in [3.05, 3.63) is 32.7 Å². The van der Waals surface area contributed by atoms with Crippen molar-refractivity contribution >= 4 is 16.9 Å². The van der Waals surface area contributed by atoms with Gasteiger partial charge in [0.15, 0.2) is 17.3 Å². The predicted molar refractivity (Wildman–Crippen MR) is 86.3 cm³/mol. The fourth-order valence-corrected chi connectivity index (χ4v) is 3.29. The number of hydrogen-bond donors (Lipinski definition) is 2. The van der Waals surface area contributed by atoms with Gasteiger partial charge in [-0.15, -0.1) is 0 Å². The van der Waals surface area contributed by atoms with E-state index in [-0.39, 0.29) is 42.6 Å². The van der Waals surface area contributed by atoms with Crippen LogP contribution in [0.3, 0.4) is 0 Å². The van der Waals surface area contributed by atoms with Crippen LogP contribution in [0.4, 0.5) is 14.6 Å². The van der Waals surface area contributed by atoms with Gasteiger partial charge < -0.3 is 15.8 Å². The summed E-state index contributed by atoms with van der Waals surface area (Å²) in [5, 5.41) is 9.09. The highest BCUT2D eigenvalue weighted by molar-refractivity contribution is 5.77. The van der Waals surface area contributed by atoms with Crippen LogP contribution in [-0.4, -0.2) is 45.2 Å². The minimum absolute atomic E-state index is 0.0541. The molecule has 2 aromatic heterocycles. The van der Waals surface area contributed by atoms with E-state index in [1.165, 1.54) is 9.47 Å². The maximum atomic E-state index is 14.5. The Labute approximate surface area is 140 Å². The second kappa shape index (κ2) is 5.51. The Balaban J connectivity index is 1.92. The summed E-state index contributed by atoms with van der Waals surface area (Å²) in [6.07, 6.45) is 0.180. The van der Waals surface area contributed by atoms with E-state index in [4.69, 9.17) is 5.84 Å². The number of nitrogens with zero attached hydrogens (tertiary/aromatic N) is 4. The quantitative estimate of drug-likeness (QED) is 0.722. The van der Waals surface area contributed by atoms with Crippen molar-refractivity contribution in [1.29, 1.82) is 0 Å². The number of halogens is 2. The number of alkyl halides is 1. The Bertz CT molecular complexity index is 968. The van der Waals surface area contributed by atoms with Gasteiger partial charge in [-0.1, -0.05) is 0 Å². The molecule has 1 aliphatic carbocycles. The monoisotopic (exact) mass is 353 g/mol. The summed E-state index contributed by atoms with van der Waals surface area (Å²) < 4.78 is 30.2. The number of nitrogen functional groups attached to an aromatic ring is 1. The van der Waals surface area contributed by atoms with Crippen molar-refractivity contribution in [3.63, 3.8) is 0 Å². The van der Waals surface area contributed by atoms with Crippen LogP contribution >= 0.6 is 0 Å². The number of anilines is 1. The lowest BCUT2D eigenvalue weighted by Crippen LogP contribution is -2.45. The fourth-order valence-electron chi connectivity index (χ4n) is 3.29. The van der Waals surface area contributed by atoms with Gasteiger partial charge in [-0.3, -0.25) is 9.36 Å². The van der Waals surface area contributed by atoms with Crippen molar-refractivity contribution in [3.8, 4) is 0 Å². The molecule has 0 radical (unpaired) electrons. The number of pyridine rings is 1. The standard InChI is InChI=1S/C15H17F2N5O3/c16-10-3-9-12(19-13(10)20-4-7(6-23)11(17)5-20)21(8-1-2-8)15(25)22(18)14(9)24/h3,7-8,11,23H,1-2,4-6,18H2/t7-,11-/m1/s1. The van der Waals surface area contributed by atoms with Gasteiger partial charge in [0.1, 0.15) is 6.17 Å². The molecule has 2 atom stereocenters. The Morgan fingerprint density at radius 3 is 2.64 bits per heavy atom. The van der Waals surface area contributed by atoms with Crippen LogP contribution in [0.15, 0.2) is 15.7 Å². The molecule has 1 saturated carbocycles. The molecule has 0 spiro atoms. The van der Waals surface area contributed by atoms with Gasteiger partial charge in [0.2, 0.25) is 0 Å². The van der Waals surface area contributed by atoms with Crippen LogP contribution < -0.4 is 22.0 Å². The zero-order valence-corrected chi connectivity index (χ0v) is 13.2. The van der Waals surface area contributed by atoms with E-state index in [2.05, 4.69) is 4.98 Å². The average Bonchev–Trinajstić information content (AvgIpc) is 3.35. The van der Waals surface area contributed by atoms with Gasteiger partial charge in [-0.2, -0.15) is 4.68 Å². The molecule has 10 heteroatoms. The number of aromatic nitrogens is 3. The minimum atomic E-state index is -1.30. The molecule has 2 aromatic rings. The minimum Gasteiger partial charge on any atom is -0.396 e. The summed E-state index contributed by atoms with van der Waals surface area (Å²) in [6, 6.07) is 0.857. The van der Waals surface area contributed by atoms with E-state index in [0.29, 0.717) is 4.68 Å². The molecule has 0 aromatic carbocycles. The van der Waals surface area contributed by atoms with E-state index >= 15 is 0 Å². The molecule has 3 N–H and O–H groups in total. The van der Waals surface area contributed by atoms with Crippen LogP contribution in [0, 0.1) is 11.7 Å². The van der Waals surface area contributed by atoms with Crippen LogP contribution in [-0.2, 0) is 0 Å². The SMILES string of the molecule is Nn1c(=O)c2cc(F)c(N3C[C@H](CO)[C@H](F)C3)nc2n(C2CC2)c1=O. The summed E-state index contributed by atoms with van der Waals surface area (Å²) in [4.78, 5) is 30.1. The van der Waals surface area contributed by atoms with Crippen molar-refractivity contribution in [2.75, 3.05) is 30.4 Å². The third kappa shape index (κ3) is 2.39. The first kappa shape index (κ1) is 16.0. The first-order chi connectivity index (χ1) is 11.9. The third-order valence-electron chi connectivity index (χ3n) is 4.83. The maximum absolute atomic E-state index is 14.5. The van der Waals surface area contributed by atoms with Crippen LogP contribution in [0.5, 0.6) is 0 Å². The normalized spacial score (nSPS) is 23.6. The van der Waals surface area contributed by atoms with Gasteiger partial charge >= 0.3 is 5.69 Å². The Morgan fingerprint density at radius 2 is 2.04 bits per heavy atom. The third-order valence-corrected chi connectivity index (χ3v) is 4.83. The van der Waals surface area contributed by atoms with Crippen molar-refractivity contribution in [2.45, 2.75) is 25.1 Å². The second-order valence-electron chi connectivity index (χ2n) is 6.59. The number of nitrogens with two attached hydrogens (primary N) is 1. The summed E-state index contributed by atoms with van der Waals surface area (Å²) in [5.41, 5.74) is -1.48. The lowest BCUT2D eigenvalue weighted by atomic mass is 10.1. The summed E-state index contributed by atoms with van der Waals surface area (Å²) in [7, 11) is 0. The number of aliphatic hydroxyl groups is 1. The number of hydrogen-bond acceptors (Lipinski definition) is 6. The van der Waals surface area contributed by atoms with Crippen LogP contribution in [0.25, 0.3) is 11.0 Å². The van der Waals surface area contributed by atoms with Crippen LogP contribution in [0.1, 0.15) is 18.9 Å². The lowest BCUT2D eigenvalue weighted by Gasteiger charge is -2.19. The number of rotatable bonds is 3. The largest absolute Gasteiger partial charge is 0.396 e. The van der Waals surface area contributed by atoms with E-state index in [1.54, 1.807) is 0 Å². The van der Waals surface area contributed by atoms with Crippen LogP contribution in [0.2, 0.25) is 0 Å². The molecule has 0 amide bonds. The molecular formula is C15H17F2N5O3. The van der Waals surface area contributed by atoms with Gasteiger partial charge in [-0.05, 0) is 18.9 Å². The van der Waals surface area contributed by atoms with E-state index in [0.717, 1.165) is 18.9 Å². The highest BCUT2D eigenvalue weighted by Crippen LogP contribution is 2.36. The van der Waals surface area contributed by atoms with Crippen molar-refractivity contribution in [2.24, 2.45) is 5.92 Å². The van der Waals surface area contributed by atoms with E-state index in [9.17, 15) is 23.5 Å². The summed E-state index contributed by atoms with van der Waals surface area (Å²) >= 11 is 0. The molecule has 0 bridgehead atoms. The second-order valence-corrected chi connectivity index (χ2v) is 6.59. The average molecular weight is 353 g/mol. The van der Waals surface area contributed by atoms with Crippen molar-refractivity contribution in [1.82, 2.24) is 14.2 Å². The molecule has 8 nitrogen and oxygen atoms in total. The molecule has 2 fully saturated rings. The zero-order valence-electron chi connectivity index (χ0n) is 13.2. The van der Waals surface area contributed by atoms with Gasteiger partial charge in [0.05, 0.1) is 18.5 Å². The molecular weight excluding hydrogens is 336 g/mol. The van der Waals surface area contributed by atoms with E-state index in [1.807, 2.05) is 0 Å². The Kier molecular flexibility index (Phi) is 3.53. The fraction of sp³-hybridized carbons (Fsp3) is 0.533. The predicted octanol–water partition coefficient (Wildman–Crippen LogP) is -0.487. The Hall–Kier alpha value is -2.49. The molecule has 2 aliphatic rings. The first-order valence-electron chi connectivity index (χ1n) is 8.05. The number of aliphatic hydroxyl groups excluding tert-OH is 1. The molecule has 25 heavy (non-hydrogen) atoms. The zero-order chi connectivity index (χ0) is 17.9. The van der Waals surface area contributed by atoms with E-state index < -0.39 is 29.2 Å². The first-order valence-corrected chi connectivity index (χ1v) is 8.05. The molecule has 3 heterocycles. The maximum Gasteiger partial charge on any atom is 0.351 e. The smallest absolute Gasteiger partial charge is 0.351 e. The van der Waals surface area contributed by atoms with Gasteiger partial charge in [-0.25, -0.2) is 18.6 Å². The highest BCUT2D eigenvalue weighted by Gasteiger charge is 2.35. The molecule has 0 unspecified atom stereocenters. The molecule has 134 valence electrons. The summed E-state index contributed by atoms with van der Waals surface area (Å²) in [5.74, 6) is 3.96. The van der Waals surface area contributed by atoms with Gasteiger partial charge in [0.25, 0.3) is 5.56 Å². The molecule has 4 rings (SSSR count). The summed E-state index contributed by atoms with van der Waals surface area (Å²) in [6.45, 7) is -0.353. The van der Waals surface area contributed by atoms with Crippen molar-refractivity contribution < 1.29 is 13.9 Å². The molecule has 1 saturated heterocycles. The number of fused-ring (bicyclic) bond motifs is 1. The topological polar surface area (TPSA) is 106 Å². The lowest BCUT2D eigenvalue weighted by molar-refractivity contribution is 0.175. The highest BCUT2D eigenvalue weighted by atomic mass is 19.1. The van der Waals surface area contributed by atoms with Gasteiger partial charge in [0, 0.05) is 18.5 Å².